The molecule has 17 heavy (non-hydrogen) atoms. The molecule has 96 valence electrons. The van der Waals surface area contributed by atoms with Crippen LogP contribution in [-0.4, -0.2) is 43.2 Å². The van der Waals surface area contributed by atoms with Gasteiger partial charge in [0.1, 0.15) is 5.01 Å². The van der Waals surface area contributed by atoms with E-state index in [0.29, 0.717) is 0 Å². The zero-order chi connectivity index (χ0) is 12.1. The van der Waals surface area contributed by atoms with Crippen LogP contribution in [0.3, 0.4) is 0 Å². The van der Waals surface area contributed by atoms with Crippen molar-refractivity contribution in [3.05, 3.63) is 15.6 Å². The van der Waals surface area contributed by atoms with Crippen LogP contribution in [0.2, 0.25) is 0 Å². The number of nitrogens with zero attached hydrogens (tertiary/aromatic N) is 2. The lowest BCUT2D eigenvalue weighted by Gasteiger charge is -2.25. The molecule has 1 fully saturated rings. The highest BCUT2D eigenvalue weighted by Gasteiger charge is 2.14. The fourth-order valence-corrected chi connectivity index (χ4v) is 3.24. The summed E-state index contributed by atoms with van der Waals surface area (Å²) < 4.78 is 5.36. The molecular formula is C12H21N3OS. The van der Waals surface area contributed by atoms with Gasteiger partial charge in [0, 0.05) is 24.5 Å². The van der Waals surface area contributed by atoms with E-state index in [2.05, 4.69) is 17.1 Å². The number of nitrogens with one attached hydrogen (secondary N) is 1. The highest BCUT2D eigenvalue weighted by atomic mass is 32.1. The molecule has 1 N–H and O–H groups in total. The molecule has 1 saturated heterocycles. The predicted molar refractivity (Wildman–Crippen MR) is 70.4 cm³/mol. The molecule has 0 radical (unpaired) electrons. The molecule has 4 nitrogen and oxygen atoms in total. The smallest absolute Gasteiger partial charge is 0.107 e. The molecule has 0 unspecified atom stereocenters. The zero-order valence-corrected chi connectivity index (χ0v) is 11.5. The Morgan fingerprint density at radius 3 is 2.82 bits per heavy atom. The van der Waals surface area contributed by atoms with E-state index in [1.807, 2.05) is 18.4 Å². The number of hydrogen-bond donors (Lipinski definition) is 1. The molecule has 0 aliphatic carbocycles. The Labute approximate surface area is 107 Å². The summed E-state index contributed by atoms with van der Waals surface area (Å²) in [7, 11) is 1.99. The minimum absolute atomic E-state index is 0.857. The van der Waals surface area contributed by atoms with E-state index in [1.165, 1.54) is 15.6 Å². The van der Waals surface area contributed by atoms with E-state index in [4.69, 9.17) is 9.72 Å². The summed E-state index contributed by atoms with van der Waals surface area (Å²) in [5, 5.41) is 4.46. The van der Waals surface area contributed by atoms with Gasteiger partial charge in [0.05, 0.1) is 25.5 Å². The maximum Gasteiger partial charge on any atom is 0.107 e. The van der Waals surface area contributed by atoms with Gasteiger partial charge in [-0.2, -0.15) is 0 Å². The number of rotatable bonds is 5. The highest BCUT2D eigenvalue weighted by Crippen LogP contribution is 2.20. The minimum atomic E-state index is 0.857. The minimum Gasteiger partial charge on any atom is -0.379 e. The molecule has 0 spiro atoms. The molecule has 1 aliphatic heterocycles. The average molecular weight is 255 g/mol. The Balaban J connectivity index is 1.99. The van der Waals surface area contributed by atoms with E-state index in [9.17, 15) is 0 Å². The molecule has 0 amide bonds. The molecule has 2 rings (SSSR count). The van der Waals surface area contributed by atoms with Crippen LogP contribution in [-0.2, 0) is 24.2 Å². The maximum atomic E-state index is 5.36. The Morgan fingerprint density at radius 2 is 2.18 bits per heavy atom. The van der Waals surface area contributed by atoms with Gasteiger partial charge in [0.2, 0.25) is 0 Å². The van der Waals surface area contributed by atoms with Crippen LogP contribution in [0.25, 0.3) is 0 Å². The first kappa shape index (κ1) is 13.0. The van der Waals surface area contributed by atoms with Crippen LogP contribution in [0.1, 0.15) is 22.5 Å². The van der Waals surface area contributed by atoms with Crippen LogP contribution in [0.15, 0.2) is 0 Å². The predicted octanol–water partition coefficient (Wildman–Crippen LogP) is 1.26. The van der Waals surface area contributed by atoms with Crippen LogP contribution in [0.4, 0.5) is 0 Å². The molecule has 5 heteroatoms. The van der Waals surface area contributed by atoms with E-state index in [1.54, 1.807) is 0 Å². The summed E-state index contributed by atoms with van der Waals surface area (Å²) >= 11 is 1.85. The topological polar surface area (TPSA) is 37.4 Å². The molecule has 1 aromatic heterocycles. The lowest BCUT2D eigenvalue weighted by molar-refractivity contribution is 0.0341. The number of thiazole rings is 1. The first-order chi connectivity index (χ1) is 8.33. The van der Waals surface area contributed by atoms with Gasteiger partial charge in [-0.05, 0) is 13.5 Å². The van der Waals surface area contributed by atoms with E-state index in [0.717, 1.165) is 45.8 Å². The first-order valence-electron chi connectivity index (χ1n) is 6.25. The largest absolute Gasteiger partial charge is 0.379 e. The third-order valence-electron chi connectivity index (χ3n) is 2.96. The number of aryl methyl sites for hydroxylation is 1. The van der Waals surface area contributed by atoms with Gasteiger partial charge in [0.25, 0.3) is 0 Å². The Bertz CT molecular complexity index is 348. The normalized spacial score (nSPS) is 17.5. The van der Waals surface area contributed by atoms with E-state index >= 15 is 0 Å². The van der Waals surface area contributed by atoms with Gasteiger partial charge in [-0.3, -0.25) is 4.90 Å². The summed E-state index contributed by atoms with van der Waals surface area (Å²) in [6, 6.07) is 0. The number of aromatic nitrogens is 1. The fraction of sp³-hybridized carbons (Fsp3) is 0.750. The van der Waals surface area contributed by atoms with Gasteiger partial charge < -0.3 is 10.1 Å². The number of hydrogen-bond acceptors (Lipinski definition) is 5. The van der Waals surface area contributed by atoms with Crippen molar-refractivity contribution >= 4 is 11.3 Å². The Kier molecular flexibility index (Phi) is 4.91. The molecule has 0 bridgehead atoms. The number of morpholine rings is 1. The molecule has 0 saturated carbocycles. The molecule has 0 aromatic carbocycles. The van der Waals surface area contributed by atoms with E-state index in [-0.39, 0.29) is 0 Å². The lowest BCUT2D eigenvalue weighted by Crippen LogP contribution is -2.35. The fourth-order valence-electron chi connectivity index (χ4n) is 2.03. The molecule has 1 aliphatic rings. The Morgan fingerprint density at radius 1 is 1.41 bits per heavy atom. The van der Waals surface area contributed by atoms with E-state index < -0.39 is 0 Å². The molecular weight excluding hydrogens is 234 g/mol. The second-order valence-electron chi connectivity index (χ2n) is 4.25. The number of ether oxygens (including phenoxy) is 1. The van der Waals surface area contributed by atoms with Gasteiger partial charge in [-0.1, -0.05) is 6.92 Å². The SMILES string of the molecule is CCc1nc(CN2CCOCC2)sc1CNC. The van der Waals surface area contributed by atoms with Crippen molar-refractivity contribution < 1.29 is 4.74 Å². The van der Waals surface area contributed by atoms with Crippen molar-refractivity contribution in [3.63, 3.8) is 0 Å². The summed E-state index contributed by atoms with van der Waals surface area (Å²) in [6.45, 7) is 7.86. The van der Waals surface area contributed by atoms with Gasteiger partial charge in [-0.15, -0.1) is 11.3 Å². The Hall–Kier alpha value is -0.490. The van der Waals surface area contributed by atoms with Crippen molar-refractivity contribution in [2.45, 2.75) is 26.4 Å². The zero-order valence-electron chi connectivity index (χ0n) is 10.7. The van der Waals surface area contributed by atoms with Crippen LogP contribution < -0.4 is 5.32 Å². The summed E-state index contributed by atoms with van der Waals surface area (Å²) in [5.41, 5.74) is 1.26. The second-order valence-corrected chi connectivity index (χ2v) is 5.42. The van der Waals surface area contributed by atoms with Gasteiger partial charge >= 0.3 is 0 Å². The summed E-state index contributed by atoms with van der Waals surface area (Å²) in [6.07, 6.45) is 1.02. The molecule has 2 heterocycles. The molecule has 0 atom stereocenters. The average Bonchev–Trinajstić information content (AvgIpc) is 2.73. The second kappa shape index (κ2) is 6.44. The molecule has 1 aromatic rings. The maximum absolute atomic E-state index is 5.36. The first-order valence-corrected chi connectivity index (χ1v) is 7.07. The van der Waals surface area contributed by atoms with Crippen LogP contribution >= 0.6 is 11.3 Å². The highest BCUT2D eigenvalue weighted by molar-refractivity contribution is 7.11. The quantitative estimate of drug-likeness (QED) is 0.859. The summed E-state index contributed by atoms with van der Waals surface area (Å²) in [4.78, 5) is 8.55. The van der Waals surface area contributed by atoms with Crippen LogP contribution in [0, 0.1) is 0 Å². The van der Waals surface area contributed by atoms with Crippen molar-refractivity contribution in [2.24, 2.45) is 0 Å². The lowest BCUT2D eigenvalue weighted by atomic mass is 10.3. The van der Waals surface area contributed by atoms with Gasteiger partial charge in [-0.25, -0.2) is 4.98 Å². The van der Waals surface area contributed by atoms with Crippen molar-refractivity contribution in [1.29, 1.82) is 0 Å². The summed E-state index contributed by atoms with van der Waals surface area (Å²) in [5.74, 6) is 0. The van der Waals surface area contributed by atoms with Crippen molar-refractivity contribution in [1.82, 2.24) is 15.2 Å². The van der Waals surface area contributed by atoms with Crippen molar-refractivity contribution in [2.75, 3.05) is 33.4 Å². The van der Waals surface area contributed by atoms with Crippen molar-refractivity contribution in [3.8, 4) is 0 Å². The van der Waals surface area contributed by atoms with Gasteiger partial charge in [0.15, 0.2) is 0 Å². The third-order valence-corrected chi connectivity index (χ3v) is 4.04. The monoisotopic (exact) mass is 255 g/mol. The standard InChI is InChI=1S/C12H21N3OS/c1-3-10-11(8-13-2)17-12(14-10)9-15-4-6-16-7-5-15/h13H,3-9H2,1-2H3. The van der Waals surface area contributed by atoms with Crippen LogP contribution in [0.5, 0.6) is 0 Å². The third kappa shape index (κ3) is 3.48.